The lowest BCUT2D eigenvalue weighted by atomic mass is 10.2. The average molecular weight is 201 g/mol. The van der Waals surface area contributed by atoms with Crippen LogP contribution in [0.25, 0.3) is 0 Å². The fourth-order valence-electron chi connectivity index (χ4n) is 1.45. The molecule has 1 aliphatic rings. The molecule has 0 aliphatic carbocycles. The second-order valence-electron chi connectivity index (χ2n) is 3.53. The van der Waals surface area contributed by atoms with E-state index in [1.165, 1.54) is 0 Å². The summed E-state index contributed by atoms with van der Waals surface area (Å²) in [6.07, 6.45) is 0. The molecular formula is C9H19N3O2. The third-order valence-electron chi connectivity index (χ3n) is 2.32. The number of morpholine rings is 1. The van der Waals surface area contributed by atoms with Crippen molar-refractivity contribution in [1.29, 1.82) is 0 Å². The van der Waals surface area contributed by atoms with E-state index in [1.807, 2.05) is 0 Å². The minimum atomic E-state index is 0.0456. The fourth-order valence-corrected chi connectivity index (χ4v) is 1.45. The van der Waals surface area contributed by atoms with Gasteiger partial charge >= 0.3 is 0 Å². The SMILES string of the molecule is CC1COCCN1CC(=O)NCCN. The normalized spacial score (nSPS) is 23.4. The number of carbonyl (C=O) groups is 1. The molecule has 0 aromatic rings. The summed E-state index contributed by atoms with van der Waals surface area (Å²) in [7, 11) is 0. The predicted molar refractivity (Wildman–Crippen MR) is 53.9 cm³/mol. The van der Waals surface area contributed by atoms with Gasteiger partial charge in [0.05, 0.1) is 19.8 Å². The highest BCUT2D eigenvalue weighted by atomic mass is 16.5. The Bertz CT molecular complexity index is 187. The van der Waals surface area contributed by atoms with Crippen LogP contribution >= 0.6 is 0 Å². The van der Waals surface area contributed by atoms with Crippen molar-refractivity contribution >= 4 is 5.91 Å². The molecule has 3 N–H and O–H groups in total. The Labute approximate surface area is 84.6 Å². The summed E-state index contributed by atoms with van der Waals surface area (Å²) in [5.74, 6) is 0.0456. The zero-order chi connectivity index (χ0) is 10.4. The van der Waals surface area contributed by atoms with Crippen molar-refractivity contribution in [1.82, 2.24) is 10.2 Å². The first-order chi connectivity index (χ1) is 6.74. The second-order valence-corrected chi connectivity index (χ2v) is 3.53. The van der Waals surface area contributed by atoms with E-state index >= 15 is 0 Å². The van der Waals surface area contributed by atoms with Gasteiger partial charge in [0, 0.05) is 25.7 Å². The first-order valence-electron chi connectivity index (χ1n) is 5.02. The van der Waals surface area contributed by atoms with Crippen LogP contribution in [-0.2, 0) is 9.53 Å². The topological polar surface area (TPSA) is 67.6 Å². The molecule has 1 unspecified atom stereocenters. The number of nitrogens with two attached hydrogens (primary N) is 1. The van der Waals surface area contributed by atoms with E-state index in [1.54, 1.807) is 0 Å². The summed E-state index contributed by atoms with van der Waals surface area (Å²) in [6, 6.07) is 0.326. The Balaban J connectivity index is 2.23. The second kappa shape index (κ2) is 5.95. The number of rotatable bonds is 4. The maximum atomic E-state index is 11.4. The summed E-state index contributed by atoms with van der Waals surface area (Å²) in [5, 5.41) is 2.75. The molecule has 1 fully saturated rings. The van der Waals surface area contributed by atoms with E-state index in [-0.39, 0.29) is 5.91 Å². The van der Waals surface area contributed by atoms with Crippen LogP contribution in [0.1, 0.15) is 6.92 Å². The number of nitrogens with zero attached hydrogens (tertiary/aromatic N) is 1. The maximum absolute atomic E-state index is 11.4. The largest absolute Gasteiger partial charge is 0.379 e. The number of ether oxygens (including phenoxy) is 1. The van der Waals surface area contributed by atoms with Gasteiger partial charge in [0.1, 0.15) is 0 Å². The van der Waals surface area contributed by atoms with Crippen molar-refractivity contribution in [3.05, 3.63) is 0 Å². The van der Waals surface area contributed by atoms with Crippen molar-refractivity contribution in [3.8, 4) is 0 Å². The highest BCUT2D eigenvalue weighted by Crippen LogP contribution is 2.04. The molecule has 1 heterocycles. The summed E-state index contributed by atoms with van der Waals surface area (Å²) < 4.78 is 5.28. The van der Waals surface area contributed by atoms with Crippen LogP contribution in [0.2, 0.25) is 0 Å². The van der Waals surface area contributed by atoms with Crippen molar-refractivity contribution in [3.63, 3.8) is 0 Å². The molecule has 1 aliphatic heterocycles. The van der Waals surface area contributed by atoms with Crippen molar-refractivity contribution in [2.24, 2.45) is 5.73 Å². The van der Waals surface area contributed by atoms with Crippen LogP contribution in [0.3, 0.4) is 0 Å². The van der Waals surface area contributed by atoms with Gasteiger partial charge in [-0.2, -0.15) is 0 Å². The van der Waals surface area contributed by atoms with E-state index in [4.69, 9.17) is 10.5 Å². The molecule has 0 saturated carbocycles. The summed E-state index contributed by atoms with van der Waals surface area (Å²) in [4.78, 5) is 13.5. The van der Waals surface area contributed by atoms with E-state index in [9.17, 15) is 4.79 Å². The van der Waals surface area contributed by atoms with Gasteiger partial charge in [0.25, 0.3) is 0 Å². The summed E-state index contributed by atoms with van der Waals surface area (Å²) >= 11 is 0. The number of hydrogen-bond donors (Lipinski definition) is 2. The molecule has 82 valence electrons. The molecule has 1 atom stereocenters. The van der Waals surface area contributed by atoms with Crippen molar-refractivity contribution in [2.45, 2.75) is 13.0 Å². The highest BCUT2D eigenvalue weighted by Gasteiger charge is 2.20. The molecule has 0 bridgehead atoms. The maximum Gasteiger partial charge on any atom is 0.234 e. The molecule has 1 rings (SSSR count). The Kier molecular flexibility index (Phi) is 4.86. The van der Waals surface area contributed by atoms with Gasteiger partial charge in [-0.1, -0.05) is 0 Å². The van der Waals surface area contributed by atoms with Crippen LogP contribution < -0.4 is 11.1 Å². The van der Waals surface area contributed by atoms with Gasteiger partial charge in [-0.25, -0.2) is 0 Å². The van der Waals surface area contributed by atoms with Crippen LogP contribution in [0.5, 0.6) is 0 Å². The third kappa shape index (κ3) is 3.61. The molecule has 1 saturated heterocycles. The standard InChI is InChI=1S/C9H19N3O2/c1-8-7-14-5-4-12(8)6-9(13)11-3-2-10/h8H,2-7,10H2,1H3,(H,11,13). The minimum Gasteiger partial charge on any atom is -0.379 e. The molecule has 0 spiro atoms. The van der Waals surface area contributed by atoms with Gasteiger partial charge in [-0.3, -0.25) is 9.69 Å². The fraction of sp³-hybridized carbons (Fsp3) is 0.889. The first kappa shape index (κ1) is 11.4. The van der Waals surface area contributed by atoms with Crippen LogP contribution in [0.15, 0.2) is 0 Å². The quantitative estimate of drug-likeness (QED) is 0.598. The van der Waals surface area contributed by atoms with Gasteiger partial charge < -0.3 is 15.8 Å². The molecule has 0 radical (unpaired) electrons. The van der Waals surface area contributed by atoms with Gasteiger partial charge in [-0.15, -0.1) is 0 Å². The monoisotopic (exact) mass is 201 g/mol. The van der Waals surface area contributed by atoms with Crippen molar-refractivity contribution in [2.75, 3.05) is 39.4 Å². The lowest BCUT2D eigenvalue weighted by molar-refractivity contribution is -0.124. The Hall–Kier alpha value is -0.650. The summed E-state index contributed by atoms with van der Waals surface area (Å²) in [6.45, 7) is 5.82. The van der Waals surface area contributed by atoms with Crippen LogP contribution in [-0.4, -0.2) is 56.2 Å². The number of amides is 1. The zero-order valence-corrected chi connectivity index (χ0v) is 8.66. The highest BCUT2D eigenvalue weighted by molar-refractivity contribution is 5.78. The minimum absolute atomic E-state index is 0.0456. The van der Waals surface area contributed by atoms with Crippen LogP contribution in [0, 0.1) is 0 Å². The van der Waals surface area contributed by atoms with Gasteiger partial charge in [0.2, 0.25) is 5.91 Å². The molecule has 1 amide bonds. The van der Waals surface area contributed by atoms with E-state index in [0.717, 1.165) is 6.54 Å². The Morgan fingerprint density at radius 2 is 2.50 bits per heavy atom. The van der Waals surface area contributed by atoms with E-state index < -0.39 is 0 Å². The number of carbonyl (C=O) groups excluding carboxylic acids is 1. The average Bonchev–Trinajstić information content (AvgIpc) is 2.18. The Morgan fingerprint density at radius 1 is 1.71 bits per heavy atom. The smallest absolute Gasteiger partial charge is 0.234 e. The van der Waals surface area contributed by atoms with E-state index in [0.29, 0.717) is 38.9 Å². The summed E-state index contributed by atoms with van der Waals surface area (Å²) in [5.41, 5.74) is 5.29. The van der Waals surface area contributed by atoms with E-state index in [2.05, 4.69) is 17.1 Å². The van der Waals surface area contributed by atoms with Crippen LogP contribution in [0.4, 0.5) is 0 Å². The lowest BCUT2D eigenvalue weighted by Gasteiger charge is -2.32. The van der Waals surface area contributed by atoms with Crippen molar-refractivity contribution < 1.29 is 9.53 Å². The molecule has 0 aromatic heterocycles. The number of nitrogens with one attached hydrogen (secondary N) is 1. The third-order valence-corrected chi connectivity index (χ3v) is 2.32. The predicted octanol–water partition coefficient (Wildman–Crippen LogP) is -1.22. The zero-order valence-electron chi connectivity index (χ0n) is 8.66. The lowest BCUT2D eigenvalue weighted by Crippen LogP contribution is -2.48. The molecular weight excluding hydrogens is 182 g/mol. The Morgan fingerprint density at radius 3 is 3.14 bits per heavy atom. The molecule has 5 nitrogen and oxygen atoms in total. The van der Waals surface area contributed by atoms with Gasteiger partial charge in [0.15, 0.2) is 0 Å². The van der Waals surface area contributed by atoms with Gasteiger partial charge in [-0.05, 0) is 6.92 Å². The number of hydrogen-bond acceptors (Lipinski definition) is 4. The molecule has 0 aromatic carbocycles. The first-order valence-corrected chi connectivity index (χ1v) is 5.02. The molecule has 5 heteroatoms. The molecule has 14 heavy (non-hydrogen) atoms.